The fraction of sp³-hybridized carbons (Fsp3) is 0.524. The third-order valence-corrected chi connectivity index (χ3v) is 5.70. The molecular weight excluding hydrogens is 381 g/mol. The van der Waals surface area contributed by atoms with E-state index in [0.29, 0.717) is 18.3 Å². The van der Waals surface area contributed by atoms with Crippen molar-refractivity contribution in [2.45, 2.75) is 52.0 Å². The lowest BCUT2D eigenvalue weighted by molar-refractivity contribution is 0.0950. The summed E-state index contributed by atoms with van der Waals surface area (Å²) in [6, 6.07) is 5.01. The average molecular weight is 408 g/mol. The number of hydrogen-bond donors (Lipinski definition) is 1. The van der Waals surface area contributed by atoms with Crippen LogP contribution in [-0.2, 0) is 0 Å². The molecule has 0 spiro atoms. The van der Waals surface area contributed by atoms with Crippen molar-refractivity contribution < 1.29 is 13.7 Å². The Bertz CT molecular complexity index is 804. The number of aryl methyl sites for hydroxylation is 1. The number of amides is 1. The number of likely N-dealkylation sites (tertiary alicyclic amines) is 1. The van der Waals surface area contributed by atoms with Crippen molar-refractivity contribution in [1.82, 2.24) is 15.4 Å². The summed E-state index contributed by atoms with van der Waals surface area (Å²) in [5, 5.41) is 6.97. The maximum absolute atomic E-state index is 14.2. The molecule has 28 heavy (non-hydrogen) atoms. The van der Waals surface area contributed by atoms with E-state index in [1.165, 1.54) is 37.9 Å². The van der Waals surface area contributed by atoms with E-state index in [2.05, 4.69) is 22.3 Å². The molecule has 1 atom stereocenters. The summed E-state index contributed by atoms with van der Waals surface area (Å²) >= 11 is 6.12. The van der Waals surface area contributed by atoms with Gasteiger partial charge in [-0.2, -0.15) is 0 Å². The third-order valence-electron chi connectivity index (χ3n) is 5.39. The zero-order chi connectivity index (χ0) is 20.1. The molecule has 2 heterocycles. The van der Waals surface area contributed by atoms with Gasteiger partial charge in [-0.25, -0.2) is 4.39 Å². The Hall–Kier alpha value is -1.92. The summed E-state index contributed by atoms with van der Waals surface area (Å²) < 4.78 is 19.4. The lowest BCUT2D eigenvalue weighted by atomic mass is 10.0. The predicted molar refractivity (Wildman–Crippen MR) is 108 cm³/mol. The van der Waals surface area contributed by atoms with Crippen LogP contribution in [0.2, 0.25) is 5.02 Å². The number of hydrogen-bond acceptors (Lipinski definition) is 4. The SMILES string of the molecule is Cc1onc(-c2c(F)cccc2Cl)c1C(=O)NCCCCN1CCCC[C@H]1C. The van der Waals surface area contributed by atoms with Crippen LogP contribution < -0.4 is 5.32 Å². The van der Waals surface area contributed by atoms with Crippen LogP contribution in [-0.4, -0.2) is 41.6 Å². The second-order valence-corrected chi connectivity index (χ2v) is 7.81. The van der Waals surface area contributed by atoms with Gasteiger partial charge in [0.2, 0.25) is 0 Å². The number of rotatable bonds is 7. The Morgan fingerprint density at radius 3 is 2.96 bits per heavy atom. The van der Waals surface area contributed by atoms with E-state index in [0.717, 1.165) is 19.4 Å². The van der Waals surface area contributed by atoms with E-state index >= 15 is 0 Å². The minimum Gasteiger partial charge on any atom is -0.360 e. The maximum atomic E-state index is 14.2. The van der Waals surface area contributed by atoms with Gasteiger partial charge in [-0.15, -0.1) is 0 Å². The van der Waals surface area contributed by atoms with Crippen LogP contribution in [0.5, 0.6) is 0 Å². The minimum atomic E-state index is -0.537. The molecular formula is C21H27ClFN3O2. The van der Waals surface area contributed by atoms with Crippen LogP contribution >= 0.6 is 11.6 Å². The highest BCUT2D eigenvalue weighted by molar-refractivity contribution is 6.33. The Kier molecular flexibility index (Phi) is 7.08. The van der Waals surface area contributed by atoms with Crippen LogP contribution in [0.25, 0.3) is 11.3 Å². The largest absolute Gasteiger partial charge is 0.360 e. The van der Waals surface area contributed by atoms with Crippen molar-refractivity contribution in [3.63, 3.8) is 0 Å². The molecule has 1 fully saturated rings. The Morgan fingerprint density at radius 1 is 1.39 bits per heavy atom. The summed E-state index contributed by atoms with van der Waals surface area (Å²) in [5.74, 6) is -0.515. The molecule has 0 saturated carbocycles. The Labute approximate surface area is 170 Å². The molecule has 7 heteroatoms. The smallest absolute Gasteiger partial charge is 0.257 e. The summed E-state index contributed by atoms with van der Waals surface area (Å²) in [4.78, 5) is 15.2. The van der Waals surface area contributed by atoms with Gasteiger partial charge < -0.3 is 14.7 Å². The van der Waals surface area contributed by atoms with Gasteiger partial charge in [-0.05, 0) is 64.8 Å². The van der Waals surface area contributed by atoms with Crippen molar-refractivity contribution >= 4 is 17.5 Å². The number of halogens is 2. The van der Waals surface area contributed by atoms with Crippen molar-refractivity contribution in [2.75, 3.05) is 19.6 Å². The van der Waals surface area contributed by atoms with Gasteiger partial charge in [0.1, 0.15) is 22.8 Å². The fourth-order valence-corrected chi connectivity index (χ4v) is 4.01. The second-order valence-electron chi connectivity index (χ2n) is 7.40. The molecule has 0 radical (unpaired) electrons. The average Bonchev–Trinajstić information content (AvgIpc) is 3.04. The van der Waals surface area contributed by atoms with Crippen molar-refractivity contribution in [1.29, 1.82) is 0 Å². The minimum absolute atomic E-state index is 0.0882. The molecule has 1 saturated heterocycles. The van der Waals surface area contributed by atoms with E-state index in [4.69, 9.17) is 16.1 Å². The first-order valence-corrected chi connectivity index (χ1v) is 10.3. The first kappa shape index (κ1) is 20.8. The molecule has 1 aliphatic rings. The van der Waals surface area contributed by atoms with E-state index in [-0.39, 0.29) is 27.8 Å². The Balaban J connectivity index is 1.57. The zero-order valence-corrected chi connectivity index (χ0v) is 17.2. The van der Waals surface area contributed by atoms with E-state index < -0.39 is 5.82 Å². The van der Waals surface area contributed by atoms with Gasteiger partial charge in [0.25, 0.3) is 5.91 Å². The first-order valence-electron chi connectivity index (χ1n) is 9.92. The summed E-state index contributed by atoms with van der Waals surface area (Å²) in [6.07, 6.45) is 5.77. The number of nitrogens with one attached hydrogen (secondary N) is 1. The van der Waals surface area contributed by atoms with Gasteiger partial charge in [-0.3, -0.25) is 4.79 Å². The van der Waals surface area contributed by atoms with Crippen LogP contribution in [0.3, 0.4) is 0 Å². The number of piperidine rings is 1. The lowest BCUT2D eigenvalue weighted by Crippen LogP contribution is -2.38. The monoisotopic (exact) mass is 407 g/mol. The number of carbonyl (C=O) groups is 1. The van der Waals surface area contributed by atoms with E-state index in [1.54, 1.807) is 13.0 Å². The molecule has 1 amide bonds. The molecule has 3 rings (SSSR count). The molecule has 1 aromatic carbocycles. The van der Waals surface area contributed by atoms with Gasteiger partial charge in [0.05, 0.1) is 10.6 Å². The second kappa shape index (κ2) is 9.52. The van der Waals surface area contributed by atoms with Crippen LogP contribution in [0.4, 0.5) is 4.39 Å². The van der Waals surface area contributed by atoms with Crippen molar-refractivity contribution in [3.05, 3.63) is 40.4 Å². The summed E-state index contributed by atoms with van der Waals surface area (Å²) in [6.45, 7) is 6.69. The quantitative estimate of drug-likeness (QED) is 0.668. The predicted octanol–water partition coefficient (Wildman–Crippen LogP) is 4.83. The maximum Gasteiger partial charge on any atom is 0.257 e. The molecule has 0 unspecified atom stereocenters. The van der Waals surface area contributed by atoms with Crippen LogP contribution in [0.15, 0.2) is 22.7 Å². The zero-order valence-electron chi connectivity index (χ0n) is 16.4. The highest BCUT2D eigenvalue weighted by Crippen LogP contribution is 2.33. The number of unbranched alkanes of at least 4 members (excludes halogenated alkanes) is 1. The number of benzene rings is 1. The molecule has 0 bridgehead atoms. The number of nitrogens with zero attached hydrogens (tertiary/aromatic N) is 2. The Morgan fingerprint density at radius 2 is 2.21 bits per heavy atom. The summed E-state index contributed by atoms with van der Waals surface area (Å²) in [5.41, 5.74) is 0.460. The number of carbonyl (C=O) groups excluding carboxylic acids is 1. The molecule has 0 aliphatic carbocycles. The number of aromatic nitrogens is 1. The summed E-state index contributed by atoms with van der Waals surface area (Å²) in [7, 11) is 0. The van der Waals surface area contributed by atoms with Crippen LogP contribution in [0, 0.1) is 12.7 Å². The standard InChI is InChI=1S/C21H27ClFN3O2/c1-14-8-3-5-12-26(14)13-6-4-11-24-21(27)18-15(2)28-25-20(18)19-16(22)9-7-10-17(19)23/h7,9-10,14H,3-6,8,11-13H2,1-2H3,(H,24,27)/t14-/m1/s1. The normalized spacial score (nSPS) is 17.6. The highest BCUT2D eigenvalue weighted by Gasteiger charge is 2.25. The van der Waals surface area contributed by atoms with E-state index in [9.17, 15) is 9.18 Å². The molecule has 2 aromatic rings. The van der Waals surface area contributed by atoms with Gasteiger partial charge in [0, 0.05) is 12.6 Å². The molecule has 1 N–H and O–H groups in total. The third kappa shape index (κ3) is 4.73. The van der Waals surface area contributed by atoms with E-state index in [1.807, 2.05) is 0 Å². The molecule has 1 aliphatic heterocycles. The molecule has 152 valence electrons. The topological polar surface area (TPSA) is 58.4 Å². The molecule has 5 nitrogen and oxygen atoms in total. The van der Waals surface area contributed by atoms with Crippen LogP contribution in [0.1, 0.15) is 55.1 Å². The highest BCUT2D eigenvalue weighted by atomic mass is 35.5. The van der Waals surface area contributed by atoms with Crippen molar-refractivity contribution in [2.24, 2.45) is 0 Å². The van der Waals surface area contributed by atoms with Gasteiger partial charge >= 0.3 is 0 Å². The van der Waals surface area contributed by atoms with Gasteiger partial charge in [-0.1, -0.05) is 29.2 Å². The van der Waals surface area contributed by atoms with Crippen molar-refractivity contribution in [3.8, 4) is 11.3 Å². The molecule has 1 aromatic heterocycles. The lowest BCUT2D eigenvalue weighted by Gasteiger charge is -2.33. The first-order chi connectivity index (χ1) is 13.5. The van der Waals surface area contributed by atoms with Gasteiger partial charge in [0.15, 0.2) is 0 Å². The fourth-order valence-electron chi connectivity index (χ4n) is 3.75.